The largest absolute Gasteiger partial charge is 0.215 e. The minimum Gasteiger partial charge on any atom is -0.215 e. The van der Waals surface area contributed by atoms with Gasteiger partial charge in [-0.3, -0.25) is 0 Å². The lowest BCUT2D eigenvalue weighted by atomic mass is 10.1. The van der Waals surface area contributed by atoms with Crippen molar-refractivity contribution in [2.45, 2.75) is 0 Å². The normalized spacial score (nSPS) is 10.9. The Morgan fingerprint density at radius 3 is 2.14 bits per heavy atom. The minimum atomic E-state index is 0.280. The Morgan fingerprint density at radius 2 is 1.57 bits per heavy atom. The number of nitrogens with zero attached hydrogens (tertiary/aromatic N) is 2. The van der Waals surface area contributed by atoms with E-state index in [1.165, 1.54) is 11.3 Å². The van der Waals surface area contributed by atoms with E-state index in [9.17, 15) is 0 Å². The maximum absolute atomic E-state index is 6.30. The van der Waals surface area contributed by atoms with E-state index in [1.54, 1.807) is 6.07 Å². The molecule has 0 saturated heterocycles. The SMILES string of the molecule is Clc1ccccc1-c1c(Cl)nc(-c2ccc(Br)s2)nc1Cl. The maximum atomic E-state index is 6.30. The van der Waals surface area contributed by atoms with E-state index in [2.05, 4.69) is 25.9 Å². The first-order valence-electron chi connectivity index (χ1n) is 5.80. The van der Waals surface area contributed by atoms with Gasteiger partial charge in [-0.1, -0.05) is 53.0 Å². The molecule has 0 aliphatic carbocycles. The molecular weight excluding hydrogens is 414 g/mol. The summed E-state index contributed by atoms with van der Waals surface area (Å²) >= 11 is 23.7. The molecule has 2 heterocycles. The molecule has 2 nitrogen and oxygen atoms in total. The molecule has 3 rings (SSSR count). The van der Waals surface area contributed by atoms with Crippen molar-refractivity contribution >= 4 is 62.1 Å². The molecule has 3 aromatic rings. The summed E-state index contributed by atoms with van der Waals surface area (Å²) in [4.78, 5) is 9.56. The van der Waals surface area contributed by atoms with Gasteiger partial charge in [0.2, 0.25) is 0 Å². The lowest BCUT2D eigenvalue weighted by molar-refractivity contribution is 1.19. The van der Waals surface area contributed by atoms with Gasteiger partial charge in [-0.05, 0) is 34.1 Å². The van der Waals surface area contributed by atoms with E-state index in [0.717, 1.165) is 8.66 Å². The van der Waals surface area contributed by atoms with Crippen LogP contribution in [0.25, 0.3) is 21.8 Å². The van der Waals surface area contributed by atoms with Crippen LogP contribution in [0.4, 0.5) is 0 Å². The molecule has 0 N–H and O–H groups in total. The molecule has 1 aromatic carbocycles. The number of rotatable bonds is 2. The Labute approximate surface area is 148 Å². The van der Waals surface area contributed by atoms with E-state index in [1.807, 2.05) is 30.3 Å². The highest BCUT2D eigenvalue weighted by Gasteiger charge is 2.17. The number of hydrogen-bond acceptors (Lipinski definition) is 3. The molecule has 0 bridgehead atoms. The van der Waals surface area contributed by atoms with Crippen molar-refractivity contribution in [1.82, 2.24) is 9.97 Å². The van der Waals surface area contributed by atoms with Gasteiger partial charge in [-0.2, -0.15) is 0 Å². The average molecular weight is 421 g/mol. The highest BCUT2D eigenvalue weighted by atomic mass is 79.9. The molecule has 7 heteroatoms. The first-order chi connectivity index (χ1) is 10.1. The molecule has 0 spiro atoms. The first-order valence-corrected chi connectivity index (χ1v) is 8.54. The third-order valence-corrected chi connectivity index (χ3v) is 5.25. The first kappa shape index (κ1) is 15.3. The molecule has 0 atom stereocenters. The van der Waals surface area contributed by atoms with Gasteiger partial charge in [-0.25, -0.2) is 9.97 Å². The smallest absolute Gasteiger partial charge is 0.172 e. The van der Waals surface area contributed by atoms with Crippen LogP contribution in [0, 0.1) is 0 Å². The van der Waals surface area contributed by atoms with Crippen LogP contribution in [-0.2, 0) is 0 Å². The summed E-state index contributed by atoms with van der Waals surface area (Å²) < 4.78 is 0.989. The number of halogens is 4. The molecule has 0 aliphatic heterocycles. The zero-order valence-electron chi connectivity index (χ0n) is 10.3. The lowest BCUT2D eigenvalue weighted by Crippen LogP contribution is -1.93. The van der Waals surface area contributed by atoms with Gasteiger partial charge in [0, 0.05) is 10.6 Å². The molecule has 2 aromatic heterocycles. The molecule has 0 saturated carbocycles. The van der Waals surface area contributed by atoms with Crippen molar-refractivity contribution < 1.29 is 0 Å². The van der Waals surface area contributed by atoms with Gasteiger partial charge in [0.15, 0.2) is 5.82 Å². The molecule has 21 heavy (non-hydrogen) atoms. The van der Waals surface area contributed by atoms with Crippen LogP contribution in [0.15, 0.2) is 40.2 Å². The highest BCUT2D eigenvalue weighted by molar-refractivity contribution is 9.11. The van der Waals surface area contributed by atoms with Crippen molar-refractivity contribution in [2.75, 3.05) is 0 Å². The van der Waals surface area contributed by atoms with Crippen LogP contribution >= 0.6 is 62.1 Å². The molecule has 0 radical (unpaired) electrons. The number of aromatic nitrogens is 2. The van der Waals surface area contributed by atoms with Crippen LogP contribution in [0.2, 0.25) is 15.3 Å². The van der Waals surface area contributed by atoms with Gasteiger partial charge in [0.25, 0.3) is 0 Å². The Bertz CT molecular complexity index is 796. The average Bonchev–Trinajstić information content (AvgIpc) is 2.87. The Kier molecular flexibility index (Phi) is 4.52. The molecule has 0 amide bonds. The summed E-state index contributed by atoms with van der Waals surface area (Å²) in [5, 5.41) is 1.11. The van der Waals surface area contributed by atoms with E-state index < -0.39 is 0 Å². The van der Waals surface area contributed by atoms with Crippen LogP contribution in [0.3, 0.4) is 0 Å². The topological polar surface area (TPSA) is 25.8 Å². The summed E-state index contributed by atoms with van der Waals surface area (Å²) in [5.74, 6) is 0.497. The second-order valence-electron chi connectivity index (χ2n) is 4.09. The summed E-state index contributed by atoms with van der Waals surface area (Å²) in [6, 6.07) is 11.1. The Hall–Kier alpha value is -0.650. The van der Waals surface area contributed by atoms with E-state index >= 15 is 0 Å². The van der Waals surface area contributed by atoms with Crippen molar-refractivity contribution in [1.29, 1.82) is 0 Å². The summed E-state index contributed by atoms with van der Waals surface area (Å²) in [6.07, 6.45) is 0. The zero-order chi connectivity index (χ0) is 15.0. The van der Waals surface area contributed by atoms with E-state index in [0.29, 0.717) is 22.0 Å². The molecule has 0 unspecified atom stereocenters. The standard InChI is InChI=1S/C14H6BrCl3N2S/c15-10-6-5-9(21-10)14-19-12(17)11(13(18)20-14)7-3-1-2-4-8(7)16/h1-6H. The predicted molar refractivity (Wildman–Crippen MR) is 93.5 cm³/mol. The van der Waals surface area contributed by atoms with Crippen molar-refractivity contribution in [3.8, 4) is 21.8 Å². The molecule has 0 fully saturated rings. The second kappa shape index (κ2) is 6.23. The molecule has 106 valence electrons. The van der Waals surface area contributed by atoms with Crippen molar-refractivity contribution in [2.24, 2.45) is 0 Å². The minimum absolute atomic E-state index is 0.280. The monoisotopic (exact) mass is 418 g/mol. The number of thiophene rings is 1. The fraction of sp³-hybridized carbons (Fsp3) is 0. The van der Waals surface area contributed by atoms with Gasteiger partial charge < -0.3 is 0 Å². The van der Waals surface area contributed by atoms with Crippen molar-refractivity contribution in [3.63, 3.8) is 0 Å². The van der Waals surface area contributed by atoms with Crippen LogP contribution in [-0.4, -0.2) is 9.97 Å². The number of benzene rings is 1. The second-order valence-corrected chi connectivity index (χ2v) is 7.67. The fourth-order valence-corrected chi connectivity index (χ4v) is 3.98. The fourth-order valence-electron chi connectivity index (χ4n) is 1.84. The van der Waals surface area contributed by atoms with E-state index in [-0.39, 0.29) is 10.3 Å². The maximum Gasteiger partial charge on any atom is 0.172 e. The highest BCUT2D eigenvalue weighted by Crippen LogP contribution is 2.39. The molecular formula is C14H6BrCl3N2S. The van der Waals surface area contributed by atoms with Crippen LogP contribution in [0.1, 0.15) is 0 Å². The zero-order valence-corrected chi connectivity index (χ0v) is 14.9. The van der Waals surface area contributed by atoms with Gasteiger partial charge in [0.05, 0.1) is 14.2 Å². The molecule has 0 aliphatic rings. The quantitative estimate of drug-likeness (QED) is 0.437. The Morgan fingerprint density at radius 1 is 0.905 bits per heavy atom. The van der Waals surface area contributed by atoms with Crippen LogP contribution < -0.4 is 0 Å². The third kappa shape index (κ3) is 3.10. The van der Waals surface area contributed by atoms with Crippen molar-refractivity contribution in [3.05, 3.63) is 55.5 Å². The summed E-state index contributed by atoms with van der Waals surface area (Å²) in [6.45, 7) is 0. The number of hydrogen-bond donors (Lipinski definition) is 0. The third-order valence-electron chi connectivity index (χ3n) is 2.76. The van der Waals surface area contributed by atoms with E-state index in [4.69, 9.17) is 34.8 Å². The van der Waals surface area contributed by atoms with Gasteiger partial charge >= 0.3 is 0 Å². The lowest BCUT2D eigenvalue weighted by Gasteiger charge is -2.09. The summed E-state index contributed by atoms with van der Waals surface area (Å²) in [5.41, 5.74) is 1.26. The Balaban J connectivity index is 2.15. The van der Waals surface area contributed by atoms with Gasteiger partial charge in [0.1, 0.15) is 10.3 Å². The van der Waals surface area contributed by atoms with Crippen LogP contribution in [0.5, 0.6) is 0 Å². The predicted octanol–water partition coefficient (Wildman–Crippen LogP) is 6.59. The summed E-state index contributed by atoms with van der Waals surface area (Å²) in [7, 11) is 0. The van der Waals surface area contributed by atoms with Gasteiger partial charge in [-0.15, -0.1) is 11.3 Å².